The highest BCUT2D eigenvalue weighted by atomic mass is 32.2. The Bertz CT molecular complexity index is 798. The summed E-state index contributed by atoms with van der Waals surface area (Å²) in [5.41, 5.74) is 1.73. The van der Waals surface area contributed by atoms with Crippen LogP contribution in [-0.4, -0.2) is 28.7 Å². The number of furan rings is 1. The molecule has 7 heteroatoms. The second-order valence-electron chi connectivity index (χ2n) is 5.02. The smallest absolute Gasteiger partial charge is 0.231 e. The number of methoxy groups -OCH3 is 1. The molecular weight excluding hydrogens is 314 g/mol. The fourth-order valence-electron chi connectivity index (χ4n) is 2.19. The van der Waals surface area contributed by atoms with Gasteiger partial charge < -0.3 is 19.5 Å². The lowest BCUT2D eigenvalue weighted by Crippen LogP contribution is -2.27. The standard InChI is InChI=1S/C16H17N3O3S/c1-10(14-4-3-7-22-14)17-15(20)9-23-16-18-12-6-5-11(21-2)8-13(12)19-16/h3-8,10H,9H2,1-2H3,(H,17,20)(H,18,19). The lowest BCUT2D eigenvalue weighted by atomic mass is 10.2. The Morgan fingerprint density at radius 1 is 1.48 bits per heavy atom. The van der Waals surface area contributed by atoms with Gasteiger partial charge >= 0.3 is 0 Å². The van der Waals surface area contributed by atoms with E-state index < -0.39 is 0 Å². The van der Waals surface area contributed by atoms with Gasteiger partial charge in [0.2, 0.25) is 5.91 Å². The zero-order valence-corrected chi connectivity index (χ0v) is 13.6. The molecule has 0 fully saturated rings. The molecule has 6 nitrogen and oxygen atoms in total. The third-order valence-corrected chi connectivity index (χ3v) is 4.23. The summed E-state index contributed by atoms with van der Waals surface area (Å²) in [6.07, 6.45) is 1.59. The van der Waals surface area contributed by atoms with Crippen molar-refractivity contribution in [1.82, 2.24) is 15.3 Å². The van der Waals surface area contributed by atoms with E-state index in [0.717, 1.165) is 22.5 Å². The van der Waals surface area contributed by atoms with E-state index in [4.69, 9.17) is 9.15 Å². The molecule has 0 aliphatic carbocycles. The second kappa shape index (κ2) is 6.78. The largest absolute Gasteiger partial charge is 0.497 e. The predicted octanol–water partition coefficient (Wildman–Crippen LogP) is 3.13. The average molecular weight is 331 g/mol. The number of aromatic amines is 1. The van der Waals surface area contributed by atoms with Gasteiger partial charge in [-0.25, -0.2) is 4.98 Å². The van der Waals surface area contributed by atoms with Gasteiger partial charge in [0, 0.05) is 6.07 Å². The molecule has 23 heavy (non-hydrogen) atoms. The number of hydrogen-bond donors (Lipinski definition) is 2. The molecular formula is C16H17N3O3S. The number of nitrogens with zero attached hydrogens (tertiary/aromatic N) is 1. The van der Waals surface area contributed by atoms with Gasteiger partial charge in [-0.05, 0) is 31.2 Å². The Hall–Kier alpha value is -2.41. The number of imidazole rings is 1. The maximum atomic E-state index is 12.0. The van der Waals surface area contributed by atoms with Crippen molar-refractivity contribution in [3.05, 3.63) is 42.4 Å². The van der Waals surface area contributed by atoms with Crippen LogP contribution >= 0.6 is 11.8 Å². The molecule has 0 aliphatic heterocycles. The van der Waals surface area contributed by atoms with E-state index >= 15 is 0 Å². The van der Waals surface area contributed by atoms with E-state index in [9.17, 15) is 4.79 Å². The van der Waals surface area contributed by atoms with E-state index in [0.29, 0.717) is 5.16 Å². The normalized spacial score (nSPS) is 12.3. The van der Waals surface area contributed by atoms with Crippen LogP contribution in [0.15, 0.2) is 46.2 Å². The second-order valence-corrected chi connectivity index (χ2v) is 5.98. The first-order chi connectivity index (χ1) is 11.2. The number of hydrogen-bond acceptors (Lipinski definition) is 5. The van der Waals surface area contributed by atoms with Gasteiger partial charge in [-0.1, -0.05) is 11.8 Å². The molecule has 2 aromatic heterocycles. The van der Waals surface area contributed by atoms with Crippen LogP contribution in [0, 0.1) is 0 Å². The van der Waals surface area contributed by atoms with Gasteiger partial charge in [0.1, 0.15) is 11.5 Å². The molecule has 120 valence electrons. The van der Waals surface area contributed by atoms with E-state index in [1.165, 1.54) is 11.8 Å². The quantitative estimate of drug-likeness (QED) is 0.678. The number of aromatic nitrogens is 2. The number of amides is 1. The highest BCUT2D eigenvalue weighted by Crippen LogP contribution is 2.23. The fraction of sp³-hybridized carbons (Fsp3) is 0.250. The minimum Gasteiger partial charge on any atom is -0.497 e. The molecule has 1 aromatic carbocycles. The molecule has 0 spiro atoms. The molecule has 0 aliphatic rings. The monoisotopic (exact) mass is 331 g/mol. The summed E-state index contributed by atoms with van der Waals surface area (Å²) < 4.78 is 10.5. The van der Waals surface area contributed by atoms with Gasteiger partial charge in [0.25, 0.3) is 0 Å². The minimum absolute atomic E-state index is 0.0723. The molecule has 1 amide bonds. The van der Waals surface area contributed by atoms with Crippen LogP contribution < -0.4 is 10.1 Å². The summed E-state index contributed by atoms with van der Waals surface area (Å²) in [6, 6.07) is 9.10. The number of nitrogens with one attached hydrogen (secondary N) is 2. The Morgan fingerprint density at radius 3 is 3.09 bits per heavy atom. The fourth-order valence-corrected chi connectivity index (χ4v) is 2.88. The summed E-state index contributed by atoms with van der Waals surface area (Å²) in [5.74, 6) is 1.71. The van der Waals surface area contributed by atoms with Gasteiger partial charge in [-0.3, -0.25) is 4.79 Å². The number of fused-ring (bicyclic) bond motifs is 1. The number of carbonyl (C=O) groups is 1. The molecule has 1 unspecified atom stereocenters. The van der Waals surface area contributed by atoms with Crippen LogP contribution in [0.4, 0.5) is 0 Å². The van der Waals surface area contributed by atoms with Crippen LogP contribution in [0.5, 0.6) is 5.75 Å². The van der Waals surface area contributed by atoms with Gasteiger partial charge in [-0.2, -0.15) is 0 Å². The summed E-state index contributed by atoms with van der Waals surface area (Å²) in [6.45, 7) is 1.88. The third-order valence-electron chi connectivity index (χ3n) is 3.35. The molecule has 3 aromatic rings. The summed E-state index contributed by atoms with van der Waals surface area (Å²) in [5, 5.41) is 3.59. The Kier molecular flexibility index (Phi) is 4.57. The lowest BCUT2D eigenvalue weighted by molar-refractivity contribution is -0.119. The number of thioether (sulfide) groups is 1. The average Bonchev–Trinajstić information content (AvgIpc) is 3.21. The summed E-state index contributed by atoms with van der Waals surface area (Å²) in [7, 11) is 1.62. The van der Waals surface area contributed by atoms with Gasteiger partial charge in [0.15, 0.2) is 5.16 Å². The first kappa shape index (κ1) is 15.5. The van der Waals surface area contributed by atoms with Crippen molar-refractivity contribution in [3.63, 3.8) is 0 Å². The van der Waals surface area contributed by atoms with Crippen molar-refractivity contribution < 1.29 is 13.9 Å². The maximum Gasteiger partial charge on any atom is 0.231 e. The predicted molar refractivity (Wildman–Crippen MR) is 88.6 cm³/mol. The highest BCUT2D eigenvalue weighted by Gasteiger charge is 2.13. The SMILES string of the molecule is COc1ccc2nc(SCC(=O)NC(C)c3ccco3)[nH]c2c1. The van der Waals surface area contributed by atoms with Crippen LogP contribution in [0.2, 0.25) is 0 Å². The van der Waals surface area contributed by atoms with Crippen LogP contribution in [0.25, 0.3) is 11.0 Å². The van der Waals surface area contributed by atoms with E-state index in [1.54, 1.807) is 19.4 Å². The van der Waals surface area contributed by atoms with E-state index in [-0.39, 0.29) is 17.7 Å². The Balaban J connectivity index is 1.58. The number of H-pyrrole nitrogens is 1. The Labute approximate surface area is 137 Å². The van der Waals surface area contributed by atoms with Crippen molar-refractivity contribution in [2.75, 3.05) is 12.9 Å². The lowest BCUT2D eigenvalue weighted by Gasteiger charge is -2.10. The maximum absolute atomic E-state index is 12.0. The number of rotatable bonds is 6. The van der Waals surface area contributed by atoms with Crippen molar-refractivity contribution in [1.29, 1.82) is 0 Å². The first-order valence-corrected chi connectivity index (χ1v) is 8.13. The minimum atomic E-state index is -0.155. The van der Waals surface area contributed by atoms with Crippen LogP contribution in [-0.2, 0) is 4.79 Å². The third kappa shape index (κ3) is 3.68. The van der Waals surface area contributed by atoms with E-state index in [2.05, 4.69) is 15.3 Å². The molecule has 0 saturated heterocycles. The topological polar surface area (TPSA) is 80.2 Å². The van der Waals surface area contributed by atoms with Gasteiger partial charge in [-0.15, -0.1) is 0 Å². The van der Waals surface area contributed by atoms with Crippen LogP contribution in [0.3, 0.4) is 0 Å². The summed E-state index contributed by atoms with van der Waals surface area (Å²) >= 11 is 1.36. The number of benzene rings is 1. The van der Waals surface area contributed by atoms with Crippen molar-refractivity contribution in [2.24, 2.45) is 0 Å². The van der Waals surface area contributed by atoms with E-state index in [1.807, 2.05) is 31.2 Å². The molecule has 0 radical (unpaired) electrons. The molecule has 0 bridgehead atoms. The molecule has 3 rings (SSSR count). The van der Waals surface area contributed by atoms with Crippen molar-refractivity contribution >= 4 is 28.7 Å². The van der Waals surface area contributed by atoms with Crippen LogP contribution in [0.1, 0.15) is 18.7 Å². The zero-order valence-electron chi connectivity index (χ0n) is 12.8. The molecule has 2 N–H and O–H groups in total. The molecule has 1 atom stereocenters. The highest BCUT2D eigenvalue weighted by molar-refractivity contribution is 7.99. The zero-order chi connectivity index (χ0) is 16.2. The molecule has 0 saturated carbocycles. The van der Waals surface area contributed by atoms with Crippen molar-refractivity contribution in [2.45, 2.75) is 18.1 Å². The summed E-state index contributed by atoms with van der Waals surface area (Å²) in [4.78, 5) is 19.6. The number of carbonyl (C=O) groups excluding carboxylic acids is 1. The number of ether oxygens (including phenoxy) is 1. The van der Waals surface area contributed by atoms with Gasteiger partial charge in [0.05, 0.1) is 36.2 Å². The first-order valence-electron chi connectivity index (χ1n) is 7.15. The van der Waals surface area contributed by atoms with Crippen molar-refractivity contribution in [3.8, 4) is 5.75 Å². The molecule has 2 heterocycles. The Morgan fingerprint density at radius 2 is 2.35 bits per heavy atom.